The van der Waals surface area contributed by atoms with Crippen molar-refractivity contribution in [2.45, 2.75) is 0 Å². The van der Waals surface area contributed by atoms with Crippen molar-refractivity contribution in [1.82, 2.24) is 4.90 Å². The van der Waals surface area contributed by atoms with Crippen molar-refractivity contribution in [3.63, 3.8) is 0 Å². The van der Waals surface area contributed by atoms with Crippen LogP contribution in [0.2, 0.25) is 0 Å². The summed E-state index contributed by atoms with van der Waals surface area (Å²) < 4.78 is 26.3. The molecule has 3 nitrogen and oxygen atoms in total. The van der Waals surface area contributed by atoms with Gasteiger partial charge in [0.2, 0.25) is 0 Å². The summed E-state index contributed by atoms with van der Waals surface area (Å²) in [6, 6.07) is 3.43. The molecule has 0 spiro atoms. The van der Waals surface area contributed by atoms with E-state index >= 15 is 0 Å². The van der Waals surface area contributed by atoms with E-state index in [4.69, 9.17) is 5.26 Å². The Bertz CT molecular complexity index is 433. The molecule has 0 aliphatic rings. The molecule has 1 aromatic rings. The summed E-state index contributed by atoms with van der Waals surface area (Å²) in [6.07, 6.45) is 1.30. The van der Waals surface area contributed by atoms with Gasteiger partial charge in [0, 0.05) is 14.1 Å². The van der Waals surface area contributed by atoms with Crippen LogP contribution in [0.25, 0.3) is 0 Å². The molecule has 1 aromatic carbocycles. The largest absolute Gasteiger partial charge is 0.369 e. The number of nitriles is 1. The average molecular weight is 209 g/mol. The van der Waals surface area contributed by atoms with E-state index in [1.54, 1.807) is 25.1 Å². The molecule has 0 N–H and O–H groups in total. The minimum atomic E-state index is -0.773. The molecule has 0 saturated heterocycles. The molecule has 15 heavy (non-hydrogen) atoms. The Kier molecular flexibility index (Phi) is 3.34. The first-order chi connectivity index (χ1) is 7.06. The number of rotatable bonds is 2. The quantitative estimate of drug-likeness (QED) is 0.552. The Hall–Kier alpha value is -1.96. The molecular weight excluding hydrogens is 200 g/mol. The molecule has 5 heteroatoms. The number of hydrogen-bond donors (Lipinski definition) is 0. The van der Waals surface area contributed by atoms with Gasteiger partial charge in [0.15, 0.2) is 0 Å². The molecule has 78 valence electrons. The summed E-state index contributed by atoms with van der Waals surface area (Å²) in [5.41, 5.74) is -0.653. The van der Waals surface area contributed by atoms with E-state index < -0.39 is 11.6 Å². The van der Waals surface area contributed by atoms with Crippen LogP contribution in [0.1, 0.15) is 5.56 Å². The minimum Gasteiger partial charge on any atom is -0.369 e. The Balaban J connectivity index is 3.27. The van der Waals surface area contributed by atoms with Crippen LogP contribution in [0, 0.1) is 23.0 Å². The minimum absolute atomic E-state index is 0.272. The Labute approximate surface area is 86.3 Å². The van der Waals surface area contributed by atoms with Crippen molar-refractivity contribution in [1.29, 1.82) is 5.26 Å². The predicted octanol–water partition coefficient (Wildman–Crippen LogP) is 2.06. The van der Waals surface area contributed by atoms with E-state index in [0.29, 0.717) is 0 Å². The van der Waals surface area contributed by atoms with Gasteiger partial charge >= 0.3 is 0 Å². The lowest BCUT2D eigenvalue weighted by atomic mass is 10.2. The Morgan fingerprint density at radius 2 is 1.93 bits per heavy atom. The van der Waals surface area contributed by atoms with E-state index in [-0.39, 0.29) is 11.3 Å². The molecule has 0 bridgehead atoms. The second-order valence-electron chi connectivity index (χ2n) is 3.07. The van der Waals surface area contributed by atoms with E-state index in [1.165, 1.54) is 6.34 Å². The van der Waals surface area contributed by atoms with Crippen LogP contribution in [0.3, 0.4) is 0 Å². The van der Waals surface area contributed by atoms with Gasteiger partial charge in [0.05, 0.1) is 6.34 Å². The fraction of sp³-hybridized carbons (Fsp3) is 0.200. The van der Waals surface area contributed by atoms with E-state index in [2.05, 4.69) is 4.99 Å². The Morgan fingerprint density at radius 3 is 2.47 bits per heavy atom. The van der Waals surface area contributed by atoms with Crippen LogP contribution in [-0.2, 0) is 0 Å². The maximum atomic E-state index is 13.2. The average Bonchev–Trinajstić information content (AvgIpc) is 2.19. The highest BCUT2D eigenvalue weighted by Crippen LogP contribution is 2.24. The molecule has 0 unspecified atom stereocenters. The summed E-state index contributed by atoms with van der Waals surface area (Å²) in [5.74, 6) is -1.49. The first-order valence-electron chi connectivity index (χ1n) is 4.15. The number of hydrogen-bond acceptors (Lipinski definition) is 2. The van der Waals surface area contributed by atoms with E-state index in [1.807, 2.05) is 0 Å². The molecule has 0 aliphatic heterocycles. The monoisotopic (exact) mass is 209 g/mol. The molecule has 0 aromatic heterocycles. The van der Waals surface area contributed by atoms with Gasteiger partial charge in [0.25, 0.3) is 0 Å². The summed E-state index contributed by atoms with van der Waals surface area (Å²) >= 11 is 0. The summed E-state index contributed by atoms with van der Waals surface area (Å²) in [6.45, 7) is 0. The second-order valence-corrected chi connectivity index (χ2v) is 3.07. The van der Waals surface area contributed by atoms with Gasteiger partial charge in [0.1, 0.15) is 29.0 Å². The number of aliphatic imine (C=N–C) groups is 1. The van der Waals surface area contributed by atoms with Gasteiger partial charge in [-0.2, -0.15) is 5.26 Å². The van der Waals surface area contributed by atoms with Crippen molar-refractivity contribution in [2.24, 2.45) is 4.99 Å². The van der Waals surface area contributed by atoms with Gasteiger partial charge in [-0.15, -0.1) is 0 Å². The highest BCUT2D eigenvalue weighted by molar-refractivity contribution is 5.65. The van der Waals surface area contributed by atoms with E-state index in [0.717, 1.165) is 12.1 Å². The van der Waals surface area contributed by atoms with Crippen LogP contribution in [0.15, 0.2) is 17.1 Å². The predicted molar refractivity (Wildman–Crippen MR) is 52.9 cm³/mol. The third-order valence-electron chi connectivity index (χ3n) is 1.61. The molecule has 0 amide bonds. The first kappa shape index (κ1) is 11.1. The van der Waals surface area contributed by atoms with Gasteiger partial charge in [-0.3, -0.25) is 0 Å². The third-order valence-corrected chi connectivity index (χ3v) is 1.61. The molecule has 0 aliphatic carbocycles. The number of halogens is 2. The van der Waals surface area contributed by atoms with Crippen molar-refractivity contribution in [3.8, 4) is 6.07 Å². The fourth-order valence-corrected chi connectivity index (χ4v) is 0.947. The normalized spacial score (nSPS) is 10.3. The second kappa shape index (κ2) is 4.51. The van der Waals surface area contributed by atoms with Crippen LogP contribution in [0.5, 0.6) is 0 Å². The zero-order valence-electron chi connectivity index (χ0n) is 8.33. The smallest absolute Gasteiger partial charge is 0.150 e. The standard InChI is InChI=1S/C10H9F2N3/c1-15(2)6-14-10-7(5-13)8(11)3-4-9(10)12/h3-4,6H,1-2H3/b14-6+. The lowest BCUT2D eigenvalue weighted by Crippen LogP contribution is -2.07. The number of benzene rings is 1. The summed E-state index contributed by atoms with van der Waals surface area (Å²) in [4.78, 5) is 5.26. The summed E-state index contributed by atoms with van der Waals surface area (Å²) in [5, 5.41) is 8.64. The van der Waals surface area contributed by atoms with Gasteiger partial charge in [-0.25, -0.2) is 13.8 Å². The zero-order chi connectivity index (χ0) is 11.4. The van der Waals surface area contributed by atoms with Crippen molar-refractivity contribution in [3.05, 3.63) is 29.3 Å². The highest BCUT2D eigenvalue weighted by Gasteiger charge is 2.12. The fourth-order valence-electron chi connectivity index (χ4n) is 0.947. The van der Waals surface area contributed by atoms with Crippen molar-refractivity contribution in [2.75, 3.05) is 14.1 Å². The SMILES string of the molecule is CN(C)/C=N/c1c(F)ccc(F)c1C#N. The molecule has 0 radical (unpaired) electrons. The summed E-state index contributed by atoms with van der Waals surface area (Å²) in [7, 11) is 3.37. The molecular formula is C10H9F2N3. The molecule has 0 fully saturated rings. The lowest BCUT2D eigenvalue weighted by Gasteiger charge is -2.04. The van der Waals surface area contributed by atoms with Crippen molar-refractivity contribution >= 4 is 12.0 Å². The lowest BCUT2D eigenvalue weighted by molar-refractivity contribution is 0.597. The van der Waals surface area contributed by atoms with Gasteiger partial charge < -0.3 is 4.90 Å². The zero-order valence-corrected chi connectivity index (χ0v) is 8.33. The molecule has 1 rings (SSSR count). The van der Waals surface area contributed by atoms with Gasteiger partial charge in [-0.1, -0.05) is 0 Å². The first-order valence-corrected chi connectivity index (χ1v) is 4.15. The maximum Gasteiger partial charge on any atom is 0.150 e. The van der Waals surface area contributed by atoms with E-state index in [9.17, 15) is 8.78 Å². The van der Waals surface area contributed by atoms with Crippen LogP contribution >= 0.6 is 0 Å². The highest BCUT2D eigenvalue weighted by atomic mass is 19.1. The van der Waals surface area contributed by atoms with Crippen LogP contribution < -0.4 is 0 Å². The third kappa shape index (κ3) is 2.50. The molecule has 0 heterocycles. The van der Waals surface area contributed by atoms with Crippen LogP contribution in [-0.4, -0.2) is 25.3 Å². The number of nitrogens with zero attached hydrogens (tertiary/aromatic N) is 3. The maximum absolute atomic E-state index is 13.2. The Morgan fingerprint density at radius 1 is 1.33 bits per heavy atom. The molecule has 0 atom stereocenters. The van der Waals surface area contributed by atoms with Crippen LogP contribution in [0.4, 0.5) is 14.5 Å². The molecule has 0 saturated carbocycles. The van der Waals surface area contributed by atoms with Gasteiger partial charge in [-0.05, 0) is 12.1 Å². The topological polar surface area (TPSA) is 39.4 Å². The van der Waals surface area contributed by atoms with Crippen molar-refractivity contribution < 1.29 is 8.78 Å².